The van der Waals surface area contributed by atoms with Crippen molar-refractivity contribution in [2.75, 3.05) is 10.2 Å². The van der Waals surface area contributed by atoms with Crippen LogP contribution in [0.25, 0.3) is 0 Å². The molecule has 3 aromatic rings. The van der Waals surface area contributed by atoms with Crippen LogP contribution in [0.4, 0.5) is 11.4 Å². The first kappa shape index (κ1) is 23.3. The molecule has 5 rings (SSSR count). The number of carbonyl (C=O) groups is 3. The Bertz CT molecular complexity index is 1220. The van der Waals surface area contributed by atoms with E-state index < -0.39 is 5.92 Å². The number of anilines is 2. The lowest BCUT2D eigenvalue weighted by atomic mass is 9.96. The third kappa shape index (κ3) is 5.00. The highest BCUT2D eigenvalue weighted by Crippen LogP contribution is 2.43. The number of hydrogen-bond acceptors (Lipinski definition) is 4. The quantitative estimate of drug-likeness (QED) is 0.470. The summed E-state index contributed by atoms with van der Waals surface area (Å²) in [6, 6.07) is 18.8. The first-order chi connectivity index (χ1) is 16.9. The Morgan fingerprint density at radius 2 is 1.71 bits per heavy atom. The molecule has 1 aromatic heterocycles. The number of nitrogens with one attached hydrogen (secondary N) is 2. The van der Waals surface area contributed by atoms with Crippen LogP contribution in [0, 0.1) is 18.8 Å². The van der Waals surface area contributed by atoms with Crippen LogP contribution in [0.5, 0.6) is 0 Å². The summed E-state index contributed by atoms with van der Waals surface area (Å²) in [5, 5.41) is 8.04. The largest absolute Gasteiger partial charge is 0.349 e. The van der Waals surface area contributed by atoms with Crippen molar-refractivity contribution in [1.82, 2.24) is 5.32 Å². The first-order valence-corrected chi connectivity index (χ1v) is 12.9. The van der Waals surface area contributed by atoms with Gasteiger partial charge in [0.2, 0.25) is 17.7 Å². The van der Waals surface area contributed by atoms with Gasteiger partial charge in [-0.3, -0.25) is 14.4 Å². The molecule has 3 unspecified atom stereocenters. The summed E-state index contributed by atoms with van der Waals surface area (Å²) in [6.45, 7) is 3.95. The van der Waals surface area contributed by atoms with Crippen molar-refractivity contribution in [2.24, 2.45) is 11.8 Å². The third-order valence-corrected chi connectivity index (χ3v) is 7.73. The average Bonchev–Trinajstić information content (AvgIpc) is 3.46. The van der Waals surface area contributed by atoms with Crippen LogP contribution in [0.15, 0.2) is 66.0 Å². The van der Waals surface area contributed by atoms with E-state index in [0.717, 1.165) is 40.2 Å². The van der Waals surface area contributed by atoms with Gasteiger partial charge < -0.3 is 15.5 Å². The Kier molecular flexibility index (Phi) is 6.43. The fourth-order valence-electron chi connectivity index (χ4n) is 4.61. The van der Waals surface area contributed by atoms with Gasteiger partial charge in [-0.15, -0.1) is 11.3 Å². The number of rotatable bonds is 7. The molecule has 1 saturated heterocycles. The molecule has 3 amide bonds. The fourth-order valence-corrected chi connectivity index (χ4v) is 5.49. The highest BCUT2D eigenvalue weighted by atomic mass is 32.1. The third-order valence-electron chi connectivity index (χ3n) is 6.79. The van der Waals surface area contributed by atoms with Crippen LogP contribution < -0.4 is 15.5 Å². The van der Waals surface area contributed by atoms with Crippen LogP contribution >= 0.6 is 11.3 Å². The summed E-state index contributed by atoms with van der Waals surface area (Å²) >= 11 is 1.56. The lowest BCUT2D eigenvalue weighted by Gasteiger charge is -2.28. The molecular formula is C28H29N3O3S. The van der Waals surface area contributed by atoms with Crippen molar-refractivity contribution in [3.05, 3.63) is 82.0 Å². The van der Waals surface area contributed by atoms with E-state index in [0.29, 0.717) is 0 Å². The zero-order chi connectivity index (χ0) is 24.5. The molecule has 1 saturated carbocycles. The van der Waals surface area contributed by atoms with Gasteiger partial charge >= 0.3 is 0 Å². The number of hydrogen-bond donors (Lipinski definition) is 2. The van der Waals surface area contributed by atoms with Crippen molar-refractivity contribution in [1.29, 1.82) is 0 Å². The van der Waals surface area contributed by atoms with Crippen LogP contribution in [0.2, 0.25) is 0 Å². The Morgan fingerprint density at radius 3 is 2.34 bits per heavy atom. The van der Waals surface area contributed by atoms with E-state index in [2.05, 4.69) is 10.6 Å². The topological polar surface area (TPSA) is 78.5 Å². The predicted molar refractivity (Wildman–Crippen MR) is 138 cm³/mol. The maximum atomic E-state index is 13.5. The van der Waals surface area contributed by atoms with Gasteiger partial charge in [-0.2, -0.15) is 0 Å². The monoisotopic (exact) mass is 487 g/mol. The predicted octanol–water partition coefficient (Wildman–Crippen LogP) is 5.38. The lowest BCUT2D eigenvalue weighted by molar-refractivity contribution is -0.127. The molecule has 3 atom stereocenters. The first-order valence-electron chi connectivity index (χ1n) is 12.0. The van der Waals surface area contributed by atoms with Crippen molar-refractivity contribution in [2.45, 2.75) is 45.2 Å². The maximum Gasteiger partial charge on any atom is 0.228 e. The van der Waals surface area contributed by atoms with Crippen molar-refractivity contribution in [3.63, 3.8) is 0 Å². The van der Waals surface area contributed by atoms with Gasteiger partial charge in [0.25, 0.3) is 0 Å². The molecular weight excluding hydrogens is 458 g/mol. The smallest absolute Gasteiger partial charge is 0.228 e. The Labute approximate surface area is 209 Å². The van der Waals surface area contributed by atoms with Crippen LogP contribution in [0.1, 0.15) is 54.3 Å². The molecule has 1 aliphatic heterocycles. The molecule has 2 N–H and O–H groups in total. The maximum absolute atomic E-state index is 13.5. The Hall–Kier alpha value is -3.45. The number of nitrogens with zero attached hydrogens (tertiary/aromatic N) is 1. The molecule has 0 radical (unpaired) electrons. The summed E-state index contributed by atoms with van der Waals surface area (Å²) in [4.78, 5) is 41.4. The van der Waals surface area contributed by atoms with Crippen LogP contribution in [-0.2, 0) is 14.4 Å². The van der Waals surface area contributed by atoms with Gasteiger partial charge in [0.1, 0.15) is 0 Å². The number of aryl methyl sites for hydroxylation is 1. The second-order valence-corrected chi connectivity index (χ2v) is 10.5. The van der Waals surface area contributed by atoms with E-state index in [4.69, 9.17) is 0 Å². The van der Waals surface area contributed by atoms with Crippen LogP contribution in [-0.4, -0.2) is 17.7 Å². The van der Waals surface area contributed by atoms with E-state index in [9.17, 15) is 14.4 Å². The summed E-state index contributed by atoms with van der Waals surface area (Å²) in [7, 11) is 0. The average molecular weight is 488 g/mol. The molecule has 2 aliphatic rings. The Morgan fingerprint density at radius 1 is 1.00 bits per heavy atom. The SMILES string of the molecule is Cc1ccc(N2C(=O)CC(C(=O)NC(C)c3ccc(NC(=O)C4CC4)cc3)C2c2cccs2)cc1. The summed E-state index contributed by atoms with van der Waals surface area (Å²) in [5.74, 6) is -0.441. The molecule has 7 heteroatoms. The molecule has 6 nitrogen and oxygen atoms in total. The minimum Gasteiger partial charge on any atom is -0.349 e. The number of benzene rings is 2. The molecule has 35 heavy (non-hydrogen) atoms. The van der Waals surface area contributed by atoms with Gasteiger partial charge in [0, 0.05) is 28.6 Å². The molecule has 2 fully saturated rings. The second-order valence-electron chi connectivity index (χ2n) is 9.49. The number of amides is 3. The highest BCUT2D eigenvalue weighted by Gasteiger charge is 2.46. The van der Waals surface area contributed by atoms with Gasteiger partial charge in [-0.05, 0) is 68.0 Å². The normalized spacial score (nSPS) is 20.5. The van der Waals surface area contributed by atoms with E-state index in [1.807, 2.05) is 79.9 Å². The Balaban J connectivity index is 1.31. The van der Waals surface area contributed by atoms with Gasteiger partial charge in [-0.1, -0.05) is 35.9 Å². The minimum absolute atomic E-state index is 0.0455. The minimum atomic E-state index is -0.484. The summed E-state index contributed by atoms with van der Waals surface area (Å²) < 4.78 is 0. The van der Waals surface area contributed by atoms with Gasteiger partial charge in [-0.25, -0.2) is 0 Å². The van der Waals surface area contributed by atoms with Gasteiger partial charge in [0.05, 0.1) is 18.0 Å². The molecule has 1 aliphatic carbocycles. The second kappa shape index (κ2) is 9.66. The van der Waals surface area contributed by atoms with E-state index in [-0.39, 0.29) is 42.1 Å². The standard InChI is InChI=1S/C28H29N3O3S/c1-17-5-13-22(14-6-17)31-25(32)16-23(26(31)24-4-3-15-35-24)28(34)29-18(2)19-9-11-21(12-10-19)30-27(33)20-7-8-20/h3-6,9-15,18,20,23,26H,7-8,16H2,1-2H3,(H,29,34)(H,30,33). The molecule has 0 spiro atoms. The van der Waals surface area contributed by atoms with E-state index in [1.54, 1.807) is 16.2 Å². The zero-order valence-corrected chi connectivity index (χ0v) is 20.7. The summed E-state index contributed by atoms with van der Waals surface area (Å²) in [6.07, 6.45) is 2.09. The molecule has 2 heterocycles. The van der Waals surface area contributed by atoms with Gasteiger partial charge in [0.15, 0.2) is 0 Å². The number of thiophene rings is 1. The van der Waals surface area contributed by atoms with Crippen molar-refractivity contribution < 1.29 is 14.4 Å². The molecule has 180 valence electrons. The van der Waals surface area contributed by atoms with Crippen molar-refractivity contribution >= 4 is 40.4 Å². The molecule has 2 aromatic carbocycles. The summed E-state index contributed by atoms with van der Waals surface area (Å²) in [5.41, 5.74) is 3.63. The number of carbonyl (C=O) groups excluding carboxylic acids is 3. The van der Waals surface area contributed by atoms with E-state index in [1.165, 1.54) is 0 Å². The van der Waals surface area contributed by atoms with Crippen LogP contribution in [0.3, 0.4) is 0 Å². The lowest BCUT2D eigenvalue weighted by Crippen LogP contribution is -2.36. The molecule has 0 bridgehead atoms. The fraction of sp³-hybridized carbons (Fsp3) is 0.321. The zero-order valence-electron chi connectivity index (χ0n) is 19.9. The highest BCUT2D eigenvalue weighted by molar-refractivity contribution is 7.10. The van der Waals surface area contributed by atoms with E-state index >= 15 is 0 Å². The van der Waals surface area contributed by atoms with Crippen molar-refractivity contribution in [3.8, 4) is 0 Å².